The number of aryl methyl sites for hydroxylation is 1. The number of benzene rings is 2. The summed E-state index contributed by atoms with van der Waals surface area (Å²) in [6.07, 6.45) is 0. The van der Waals surface area contributed by atoms with E-state index in [0.29, 0.717) is 58.8 Å². The van der Waals surface area contributed by atoms with Crippen molar-refractivity contribution in [2.45, 2.75) is 6.92 Å². The minimum Gasteiger partial charge on any atom is -0.367 e. The first-order valence-electron chi connectivity index (χ1n) is 9.38. The van der Waals surface area contributed by atoms with Crippen molar-refractivity contribution in [2.75, 3.05) is 31.1 Å². The van der Waals surface area contributed by atoms with E-state index in [1.165, 1.54) is 6.07 Å². The highest BCUT2D eigenvalue weighted by Crippen LogP contribution is 2.33. The molecule has 0 saturated carbocycles. The van der Waals surface area contributed by atoms with E-state index >= 15 is 0 Å². The van der Waals surface area contributed by atoms with E-state index in [1.54, 1.807) is 30.0 Å². The summed E-state index contributed by atoms with van der Waals surface area (Å²) in [5, 5.41) is 7.95. The summed E-state index contributed by atoms with van der Waals surface area (Å²) >= 11 is 12.6. The Morgan fingerprint density at radius 1 is 1.07 bits per heavy atom. The number of carbonyl (C=O) groups excluding carboxylic acids is 1. The third-order valence-electron chi connectivity index (χ3n) is 5.15. The Kier molecular flexibility index (Phi) is 5.74. The molecule has 2 aromatic carbocycles. The second-order valence-corrected chi connectivity index (χ2v) is 7.76. The molecule has 3 aromatic rings. The van der Waals surface area contributed by atoms with Gasteiger partial charge < -0.3 is 14.3 Å². The molecule has 0 radical (unpaired) electrons. The molecule has 0 N–H and O–H groups in total. The van der Waals surface area contributed by atoms with Crippen LogP contribution in [-0.4, -0.2) is 42.1 Å². The summed E-state index contributed by atoms with van der Waals surface area (Å²) in [6, 6.07) is 12.2. The van der Waals surface area contributed by atoms with Gasteiger partial charge in [0.15, 0.2) is 0 Å². The smallest absolute Gasteiger partial charge is 0.259 e. The minimum atomic E-state index is -0.144. The van der Waals surface area contributed by atoms with E-state index in [9.17, 15) is 9.70 Å². The van der Waals surface area contributed by atoms with Gasteiger partial charge in [0.2, 0.25) is 0 Å². The molecule has 4 rings (SSSR count). The van der Waals surface area contributed by atoms with Gasteiger partial charge in [-0.05, 0) is 36.4 Å². The van der Waals surface area contributed by atoms with Gasteiger partial charge in [-0.2, -0.15) is 0 Å². The molecule has 154 valence electrons. The maximum Gasteiger partial charge on any atom is 0.259 e. The number of carbonyl (C=O) groups is 1. The number of piperazine rings is 1. The molecular weight excluding hydrogens is 427 g/mol. The van der Waals surface area contributed by atoms with Gasteiger partial charge in [-0.25, -0.2) is 0 Å². The van der Waals surface area contributed by atoms with Gasteiger partial charge in [0.25, 0.3) is 5.91 Å². The summed E-state index contributed by atoms with van der Waals surface area (Å²) < 4.78 is 5.33. The molecule has 1 saturated heterocycles. The normalized spacial score (nSPS) is 14.1. The molecule has 30 heavy (non-hydrogen) atoms. The second kappa shape index (κ2) is 8.45. The van der Waals surface area contributed by atoms with E-state index < -0.39 is 0 Å². The van der Waals surface area contributed by atoms with Gasteiger partial charge in [-0.3, -0.25) is 4.79 Å². The first-order chi connectivity index (χ1) is 14.5. The van der Waals surface area contributed by atoms with Crippen LogP contribution in [0.3, 0.4) is 0 Å². The van der Waals surface area contributed by atoms with Crippen molar-refractivity contribution < 1.29 is 9.32 Å². The van der Waals surface area contributed by atoms with Gasteiger partial charge in [-0.15, -0.1) is 4.91 Å². The average Bonchev–Trinajstić information content (AvgIpc) is 3.14. The highest BCUT2D eigenvalue weighted by atomic mass is 35.5. The highest BCUT2D eigenvalue weighted by Gasteiger charge is 2.29. The standard InChI is InChI=1S/C21H18Cl2N4O3/c1-13-19(20(25-30-13)15-4-2-3-5-16(15)22)21(28)27-10-8-26(9-11-27)18-7-6-14(24-29)12-17(18)23/h2-7,12H,8-11H2,1H3. The number of amides is 1. The first-order valence-corrected chi connectivity index (χ1v) is 10.1. The second-order valence-electron chi connectivity index (χ2n) is 6.95. The number of hydrogen-bond acceptors (Lipinski definition) is 6. The van der Waals surface area contributed by atoms with E-state index in [0.717, 1.165) is 5.69 Å². The van der Waals surface area contributed by atoms with Gasteiger partial charge in [-0.1, -0.05) is 46.6 Å². The van der Waals surface area contributed by atoms with Crippen LogP contribution in [0.4, 0.5) is 11.4 Å². The SMILES string of the molecule is Cc1onc(-c2ccccc2Cl)c1C(=O)N1CCN(c2ccc(N=O)cc2Cl)CC1. The quantitative estimate of drug-likeness (QED) is 0.508. The van der Waals surface area contributed by atoms with Gasteiger partial charge in [0, 0.05) is 31.7 Å². The Labute approximate surface area is 183 Å². The lowest BCUT2D eigenvalue weighted by Crippen LogP contribution is -2.49. The van der Waals surface area contributed by atoms with Crippen LogP contribution in [0.1, 0.15) is 16.1 Å². The minimum absolute atomic E-state index is 0.144. The average molecular weight is 445 g/mol. The van der Waals surface area contributed by atoms with Crippen molar-refractivity contribution in [1.82, 2.24) is 10.1 Å². The summed E-state index contributed by atoms with van der Waals surface area (Å²) in [5.74, 6) is 0.312. The van der Waals surface area contributed by atoms with Crippen LogP contribution in [-0.2, 0) is 0 Å². The fraction of sp³-hybridized carbons (Fsp3) is 0.238. The Hall–Kier alpha value is -2.90. The Bertz CT molecular complexity index is 1110. The van der Waals surface area contributed by atoms with Gasteiger partial charge >= 0.3 is 0 Å². The van der Waals surface area contributed by atoms with Crippen molar-refractivity contribution in [2.24, 2.45) is 5.18 Å². The van der Waals surface area contributed by atoms with Crippen molar-refractivity contribution in [3.05, 3.63) is 68.7 Å². The Morgan fingerprint density at radius 2 is 1.80 bits per heavy atom. The monoisotopic (exact) mass is 444 g/mol. The zero-order valence-electron chi connectivity index (χ0n) is 16.1. The maximum absolute atomic E-state index is 13.3. The van der Waals surface area contributed by atoms with Crippen LogP contribution in [0.25, 0.3) is 11.3 Å². The number of anilines is 1. The van der Waals surface area contributed by atoms with Crippen LogP contribution < -0.4 is 4.90 Å². The predicted molar refractivity (Wildman–Crippen MR) is 117 cm³/mol. The summed E-state index contributed by atoms with van der Waals surface area (Å²) in [5.41, 5.74) is 2.64. The van der Waals surface area contributed by atoms with E-state index in [1.807, 2.05) is 18.2 Å². The van der Waals surface area contributed by atoms with E-state index in [-0.39, 0.29) is 11.6 Å². The number of rotatable bonds is 4. The van der Waals surface area contributed by atoms with Crippen molar-refractivity contribution >= 4 is 40.5 Å². The Morgan fingerprint density at radius 3 is 2.47 bits per heavy atom. The topological polar surface area (TPSA) is 79.0 Å². The molecular formula is C21H18Cl2N4O3. The molecule has 0 bridgehead atoms. The molecule has 2 heterocycles. The summed E-state index contributed by atoms with van der Waals surface area (Å²) in [6.45, 7) is 3.94. The van der Waals surface area contributed by atoms with Crippen LogP contribution in [0, 0.1) is 11.8 Å². The fourth-order valence-corrected chi connectivity index (χ4v) is 4.10. The number of nitroso groups, excluding NO2 is 1. The Balaban J connectivity index is 1.53. The van der Waals surface area contributed by atoms with Crippen LogP contribution in [0.5, 0.6) is 0 Å². The number of nitrogens with zero attached hydrogens (tertiary/aromatic N) is 4. The number of halogens is 2. The number of aromatic nitrogens is 1. The number of hydrogen-bond donors (Lipinski definition) is 0. The van der Waals surface area contributed by atoms with E-state index in [4.69, 9.17) is 27.7 Å². The summed E-state index contributed by atoms with van der Waals surface area (Å²) in [4.78, 5) is 27.8. The maximum atomic E-state index is 13.3. The van der Waals surface area contributed by atoms with Gasteiger partial charge in [0.1, 0.15) is 22.7 Å². The molecule has 0 aliphatic carbocycles. The van der Waals surface area contributed by atoms with Crippen LogP contribution in [0.2, 0.25) is 10.0 Å². The zero-order valence-corrected chi connectivity index (χ0v) is 17.7. The van der Waals surface area contributed by atoms with Crippen molar-refractivity contribution in [1.29, 1.82) is 0 Å². The molecule has 0 atom stereocenters. The molecule has 7 nitrogen and oxygen atoms in total. The molecule has 1 amide bonds. The van der Waals surface area contributed by atoms with Crippen LogP contribution >= 0.6 is 23.2 Å². The zero-order chi connectivity index (χ0) is 21.3. The third-order valence-corrected chi connectivity index (χ3v) is 5.78. The van der Waals surface area contributed by atoms with E-state index in [2.05, 4.69) is 15.2 Å². The third kappa shape index (κ3) is 3.78. The lowest BCUT2D eigenvalue weighted by atomic mass is 10.0. The molecule has 1 fully saturated rings. The predicted octanol–water partition coefficient (Wildman–Crippen LogP) is 5.32. The molecule has 1 aliphatic heterocycles. The summed E-state index contributed by atoms with van der Waals surface area (Å²) in [7, 11) is 0. The molecule has 0 spiro atoms. The fourth-order valence-electron chi connectivity index (χ4n) is 3.58. The lowest BCUT2D eigenvalue weighted by molar-refractivity contribution is 0.0745. The van der Waals surface area contributed by atoms with Gasteiger partial charge in [0.05, 0.1) is 15.7 Å². The van der Waals surface area contributed by atoms with Crippen molar-refractivity contribution in [3.63, 3.8) is 0 Å². The molecule has 1 aliphatic rings. The lowest BCUT2D eigenvalue weighted by Gasteiger charge is -2.36. The van der Waals surface area contributed by atoms with Crippen molar-refractivity contribution in [3.8, 4) is 11.3 Å². The first kappa shape index (κ1) is 20.4. The largest absolute Gasteiger partial charge is 0.367 e. The van der Waals surface area contributed by atoms with Crippen LogP contribution in [0.15, 0.2) is 52.2 Å². The highest BCUT2D eigenvalue weighted by molar-refractivity contribution is 6.34. The molecule has 9 heteroatoms. The molecule has 0 unspecified atom stereocenters. The molecule has 1 aromatic heterocycles.